The van der Waals surface area contributed by atoms with E-state index in [0.29, 0.717) is 0 Å². The molecule has 1 rings (SSSR count). The molecular formula is C8H6BrF4N. The van der Waals surface area contributed by atoms with Crippen molar-refractivity contribution in [1.29, 1.82) is 0 Å². The average Bonchev–Trinajstić information content (AvgIpc) is 2.07. The summed E-state index contributed by atoms with van der Waals surface area (Å²) in [6.07, 6.45) is -4.72. The molecule has 14 heavy (non-hydrogen) atoms. The van der Waals surface area contributed by atoms with Crippen molar-refractivity contribution in [3.8, 4) is 0 Å². The highest BCUT2D eigenvalue weighted by atomic mass is 79.9. The van der Waals surface area contributed by atoms with Crippen molar-refractivity contribution in [3.05, 3.63) is 29.1 Å². The van der Waals surface area contributed by atoms with Crippen molar-refractivity contribution < 1.29 is 17.6 Å². The van der Waals surface area contributed by atoms with Gasteiger partial charge in [0.25, 0.3) is 0 Å². The minimum atomic E-state index is -4.72. The summed E-state index contributed by atoms with van der Waals surface area (Å²) >= 11 is 2.85. The third-order valence-corrected chi connectivity index (χ3v) is 2.29. The van der Waals surface area contributed by atoms with Crippen LogP contribution in [0.15, 0.2) is 12.1 Å². The number of hydrogen-bond donors (Lipinski definition) is 1. The van der Waals surface area contributed by atoms with Crippen LogP contribution < -0.4 is 5.73 Å². The molecule has 0 fully saturated rings. The summed E-state index contributed by atoms with van der Waals surface area (Å²) < 4.78 is 50.2. The van der Waals surface area contributed by atoms with Gasteiger partial charge in [-0.25, -0.2) is 4.39 Å². The van der Waals surface area contributed by atoms with Gasteiger partial charge in [0.1, 0.15) is 0 Å². The molecule has 0 aliphatic carbocycles. The quantitative estimate of drug-likeness (QED) is 0.473. The predicted octanol–water partition coefficient (Wildman–Crippen LogP) is 3.32. The van der Waals surface area contributed by atoms with Crippen LogP contribution in [0, 0.1) is 5.82 Å². The summed E-state index contributed by atoms with van der Waals surface area (Å²) in [6.45, 7) is 0. The molecule has 1 aromatic carbocycles. The number of benzene rings is 1. The van der Waals surface area contributed by atoms with Crippen LogP contribution in [-0.2, 0) is 11.5 Å². The molecule has 0 unspecified atom stereocenters. The lowest BCUT2D eigenvalue weighted by atomic mass is 10.1. The van der Waals surface area contributed by atoms with Gasteiger partial charge in [0, 0.05) is 5.33 Å². The van der Waals surface area contributed by atoms with Crippen LogP contribution in [0.5, 0.6) is 0 Å². The fourth-order valence-electron chi connectivity index (χ4n) is 1.05. The van der Waals surface area contributed by atoms with Gasteiger partial charge in [0.05, 0.1) is 11.3 Å². The first-order valence-electron chi connectivity index (χ1n) is 3.58. The number of hydrogen-bond acceptors (Lipinski definition) is 1. The zero-order valence-corrected chi connectivity index (χ0v) is 8.41. The van der Waals surface area contributed by atoms with Crippen molar-refractivity contribution in [2.24, 2.45) is 0 Å². The fraction of sp³-hybridized carbons (Fsp3) is 0.250. The van der Waals surface area contributed by atoms with Gasteiger partial charge in [-0.2, -0.15) is 13.2 Å². The monoisotopic (exact) mass is 271 g/mol. The summed E-state index contributed by atoms with van der Waals surface area (Å²) in [5, 5.41) is -0.0704. The van der Waals surface area contributed by atoms with E-state index in [2.05, 4.69) is 15.9 Å². The molecule has 0 atom stereocenters. The molecule has 0 saturated carbocycles. The molecule has 0 aliphatic heterocycles. The highest BCUT2D eigenvalue weighted by molar-refractivity contribution is 9.08. The van der Waals surface area contributed by atoms with Gasteiger partial charge in [0.15, 0.2) is 5.82 Å². The van der Waals surface area contributed by atoms with Crippen LogP contribution >= 0.6 is 15.9 Å². The van der Waals surface area contributed by atoms with E-state index in [-0.39, 0.29) is 10.9 Å². The Hall–Kier alpha value is -0.780. The number of alkyl halides is 4. The van der Waals surface area contributed by atoms with E-state index in [0.717, 1.165) is 12.1 Å². The van der Waals surface area contributed by atoms with Crippen LogP contribution in [0.2, 0.25) is 0 Å². The Labute approximate surface area is 86.0 Å². The normalized spacial score (nSPS) is 11.8. The number of halogens is 5. The molecule has 6 heteroatoms. The van der Waals surface area contributed by atoms with Gasteiger partial charge in [0.2, 0.25) is 0 Å². The Morgan fingerprint density at radius 3 is 2.29 bits per heavy atom. The summed E-state index contributed by atoms with van der Waals surface area (Å²) in [4.78, 5) is 0. The predicted molar refractivity (Wildman–Crippen MR) is 48.4 cm³/mol. The Morgan fingerprint density at radius 2 is 1.86 bits per heavy atom. The van der Waals surface area contributed by atoms with Crippen LogP contribution in [-0.4, -0.2) is 0 Å². The lowest BCUT2D eigenvalue weighted by Gasteiger charge is -2.13. The molecule has 1 aromatic rings. The maximum Gasteiger partial charge on any atom is 0.419 e. The minimum Gasteiger partial charge on any atom is -0.396 e. The molecule has 0 spiro atoms. The summed E-state index contributed by atoms with van der Waals surface area (Å²) in [5.41, 5.74) is 3.09. The topological polar surface area (TPSA) is 26.0 Å². The molecule has 0 aromatic heterocycles. The molecule has 0 heterocycles. The van der Waals surface area contributed by atoms with Crippen molar-refractivity contribution in [1.82, 2.24) is 0 Å². The van der Waals surface area contributed by atoms with E-state index in [1.54, 1.807) is 0 Å². The number of anilines is 1. The standard InChI is InChI=1S/C8H6BrF4N/c9-3-4-1-2-5(14)7(10)6(4)8(11,12)13/h1-2H,3,14H2. The zero-order valence-electron chi connectivity index (χ0n) is 6.83. The fourth-order valence-corrected chi connectivity index (χ4v) is 1.52. The Balaban J connectivity index is 3.44. The van der Waals surface area contributed by atoms with Crippen LogP contribution in [0.1, 0.15) is 11.1 Å². The van der Waals surface area contributed by atoms with Gasteiger partial charge < -0.3 is 5.73 Å². The highest BCUT2D eigenvalue weighted by Crippen LogP contribution is 2.36. The summed E-state index contributed by atoms with van der Waals surface area (Å²) in [7, 11) is 0. The lowest BCUT2D eigenvalue weighted by molar-refractivity contribution is -0.140. The SMILES string of the molecule is Nc1ccc(CBr)c(C(F)(F)F)c1F. The molecule has 0 aliphatic rings. The van der Waals surface area contributed by atoms with Crippen LogP contribution in [0.25, 0.3) is 0 Å². The van der Waals surface area contributed by atoms with Crippen LogP contribution in [0.3, 0.4) is 0 Å². The van der Waals surface area contributed by atoms with E-state index < -0.39 is 23.2 Å². The first-order chi connectivity index (χ1) is 6.38. The molecule has 78 valence electrons. The third kappa shape index (κ3) is 2.00. The van der Waals surface area contributed by atoms with Crippen molar-refractivity contribution in [3.63, 3.8) is 0 Å². The van der Waals surface area contributed by atoms with Gasteiger partial charge >= 0.3 is 6.18 Å². The van der Waals surface area contributed by atoms with E-state index in [4.69, 9.17) is 5.73 Å². The van der Waals surface area contributed by atoms with Crippen molar-refractivity contribution in [2.75, 3.05) is 5.73 Å². The summed E-state index contributed by atoms with van der Waals surface area (Å²) in [5.74, 6) is -1.41. The number of rotatable bonds is 1. The Morgan fingerprint density at radius 1 is 1.29 bits per heavy atom. The molecular weight excluding hydrogens is 266 g/mol. The van der Waals surface area contributed by atoms with Gasteiger partial charge in [-0.3, -0.25) is 0 Å². The minimum absolute atomic E-state index is 0.0704. The summed E-state index contributed by atoms with van der Waals surface area (Å²) in [6, 6.07) is 2.26. The van der Waals surface area contributed by atoms with Crippen molar-refractivity contribution in [2.45, 2.75) is 11.5 Å². The molecule has 0 saturated heterocycles. The highest BCUT2D eigenvalue weighted by Gasteiger charge is 2.37. The molecule has 2 N–H and O–H groups in total. The first-order valence-corrected chi connectivity index (χ1v) is 4.70. The molecule has 0 radical (unpaired) electrons. The second-order valence-corrected chi connectivity index (χ2v) is 3.20. The van der Waals surface area contributed by atoms with Gasteiger partial charge in [-0.1, -0.05) is 22.0 Å². The number of nitrogen functional groups attached to an aromatic ring is 1. The van der Waals surface area contributed by atoms with E-state index in [1.807, 2.05) is 0 Å². The van der Waals surface area contributed by atoms with Gasteiger partial charge in [-0.15, -0.1) is 0 Å². The second kappa shape index (κ2) is 3.76. The van der Waals surface area contributed by atoms with E-state index in [1.165, 1.54) is 0 Å². The molecule has 0 amide bonds. The smallest absolute Gasteiger partial charge is 0.396 e. The Bertz CT molecular complexity index is 348. The zero-order chi connectivity index (χ0) is 10.9. The van der Waals surface area contributed by atoms with Crippen LogP contribution in [0.4, 0.5) is 23.2 Å². The van der Waals surface area contributed by atoms with E-state index in [9.17, 15) is 17.6 Å². The van der Waals surface area contributed by atoms with Gasteiger partial charge in [-0.05, 0) is 11.6 Å². The second-order valence-electron chi connectivity index (χ2n) is 2.63. The third-order valence-electron chi connectivity index (χ3n) is 1.69. The molecule has 1 nitrogen and oxygen atoms in total. The van der Waals surface area contributed by atoms with E-state index >= 15 is 0 Å². The van der Waals surface area contributed by atoms with Crippen molar-refractivity contribution >= 4 is 21.6 Å². The maximum absolute atomic E-state index is 13.1. The first kappa shape index (κ1) is 11.3. The lowest BCUT2D eigenvalue weighted by Crippen LogP contribution is -2.13. The molecule has 0 bridgehead atoms. The average molecular weight is 272 g/mol. The Kier molecular flexibility index (Phi) is 3.04. The largest absolute Gasteiger partial charge is 0.419 e. The number of nitrogens with two attached hydrogens (primary N) is 1. The maximum atomic E-state index is 13.1.